The summed E-state index contributed by atoms with van der Waals surface area (Å²) in [4.78, 5) is 0. The smallest absolute Gasteiger partial charge is 0.192 e. The highest BCUT2D eigenvalue weighted by Crippen LogP contribution is 2.36. The number of nitriles is 1. The Hall–Kier alpha value is -4.02. The maximum Gasteiger partial charge on any atom is 0.192 e. The third kappa shape index (κ3) is 4.41. The van der Waals surface area contributed by atoms with Crippen LogP contribution in [-0.2, 0) is 12.3 Å². The van der Waals surface area contributed by atoms with Gasteiger partial charge in [0.25, 0.3) is 0 Å². The molecule has 5 rings (SSSR count). The highest BCUT2D eigenvalue weighted by Gasteiger charge is 2.28. The van der Waals surface area contributed by atoms with E-state index < -0.39 is 0 Å². The highest BCUT2D eigenvalue weighted by atomic mass is 32.2. The van der Waals surface area contributed by atoms with E-state index in [0.717, 1.165) is 39.2 Å². The lowest BCUT2D eigenvalue weighted by Gasteiger charge is -2.26. The van der Waals surface area contributed by atoms with Gasteiger partial charge >= 0.3 is 0 Å². The van der Waals surface area contributed by atoms with Crippen molar-refractivity contribution >= 4 is 11.8 Å². The molecule has 0 N–H and O–H groups in total. The van der Waals surface area contributed by atoms with Gasteiger partial charge in [-0.2, -0.15) is 5.26 Å². The van der Waals surface area contributed by atoms with Crippen LogP contribution >= 0.6 is 11.8 Å². The quantitative estimate of drug-likeness (QED) is 0.253. The Balaban J connectivity index is 1.31. The van der Waals surface area contributed by atoms with E-state index >= 15 is 0 Å². The van der Waals surface area contributed by atoms with Gasteiger partial charge in [0.1, 0.15) is 6.61 Å². The molecule has 34 heavy (non-hydrogen) atoms. The third-order valence-electron chi connectivity index (χ3n) is 5.53. The Morgan fingerprint density at radius 1 is 1.03 bits per heavy atom. The zero-order chi connectivity index (χ0) is 23.3. The molecule has 4 aromatic rings. The van der Waals surface area contributed by atoms with Gasteiger partial charge in [-0.25, -0.2) is 0 Å². The largest absolute Gasteiger partial charge is 0.485 e. The summed E-state index contributed by atoms with van der Waals surface area (Å²) in [5, 5.41) is 19.0. The number of fused-ring (bicyclic) bond motifs is 1. The average Bonchev–Trinajstić information content (AvgIpc) is 3.30. The van der Waals surface area contributed by atoms with E-state index in [0.29, 0.717) is 24.5 Å². The molecule has 168 valence electrons. The van der Waals surface area contributed by atoms with E-state index in [4.69, 9.17) is 9.47 Å². The molecular formula is C27H22N4O2S. The standard InChI is InChI=1S/C27H22N4O2S/c1-2-15-31-26(25-17-32-23-9-5-6-10-24(23)33-25)29-30-27(31)34-18-19-11-13-20(14-12-19)22-8-4-3-7-21(22)16-28/h2-14,25H,1,15,17-18H2. The molecule has 0 saturated heterocycles. The summed E-state index contributed by atoms with van der Waals surface area (Å²) in [7, 11) is 0. The van der Waals surface area contributed by atoms with E-state index in [-0.39, 0.29) is 6.10 Å². The summed E-state index contributed by atoms with van der Waals surface area (Å²) in [5.74, 6) is 2.91. The van der Waals surface area contributed by atoms with Gasteiger partial charge in [0, 0.05) is 12.3 Å². The van der Waals surface area contributed by atoms with Crippen molar-refractivity contribution in [3.05, 3.63) is 102 Å². The Bertz CT molecular complexity index is 1360. The van der Waals surface area contributed by atoms with Gasteiger partial charge in [0.15, 0.2) is 28.6 Å². The Morgan fingerprint density at radius 2 is 1.79 bits per heavy atom. The van der Waals surface area contributed by atoms with Crippen LogP contribution in [0.5, 0.6) is 11.5 Å². The topological polar surface area (TPSA) is 73.0 Å². The zero-order valence-corrected chi connectivity index (χ0v) is 19.2. The fraction of sp³-hybridized carbons (Fsp3) is 0.148. The molecule has 0 radical (unpaired) electrons. The molecule has 6 nitrogen and oxygen atoms in total. The van der Waals surface area contributed by atoms with Crippen LogP contribution in [0.2, 0.25) is 0 Å². The summed E-state index contributed by atoms with van der Waals surface area (Å²) in [5.41, 5.74) is 3.80. The minimum absolute atomic E-state index is 0.337. The molecule has 3 aromatic carbocycles. The van der Waals surface area contributed by atoms with Crippen molar-refractivity contribution in [3.8, 4) is 28.7 Å². The fourth-order valence-electron chi connectivity index (χ4n) is 3.85. The van der Waals surface area contributed by atoms with Gasteiger partial charge in [-0.3, -0.25) is 4.57 Å². The van der Waals surface area contributed by atoms with Crippen LogP contribution in [0, 0.1) is 11.3 Å². The molecule has 1 unspecified atom stereocenters. The second kappa shape index (κ2) is 9.86. The van der Waals surface area contributed by atoms with E-state index in [1.54, 1.807) is 11.8 Å². The lowest BCUT2D eigenvalue weighted by molar-refractivity contribution is 0.0821. The van der Waals surface area contributed by atoms with Crippen molar-refractivity contribution in [2.75, 3.05) is 6.61 Å². The van der Waals surface area contributed by atoms with Crippen molar-refractivity contribution in [3.63, 3.8) is 0 Å². The Labute approximate surface area is 202 Å². The second-order valence-corrected chi connectivity index (χ2v) is 8.69. The number of nitrogens with zero attached hydrogens (tertiary/aromatic N) is 4. The van der Waals surface area contributed by atoms with Crippen LogP contribution in [0.25, 0.3) is 11.1 Å². The highest BCUT2D eigenvalue weighted by molar-refractivity contribution is 7.98. The van der Waals surface area contributed by atoms with Gasteiger partial charge in [-0.05, 0) is 34.9 Å². The van der Waals surface area contributed by atoms with Crippen LogP contribution in [0.4, 0.5) is 0 Å². The van der Waals surface area contributed by atoms with Gasteiger partial charge in [-0.15, -0.1) is 16.8 Å². The number of rotatable bonds is 7. The molecule has 1 aromatic heterocycles. The maximum absolute atomic E-state index is 9.37. The number of hydrogen-bond acceptors (Lipinski definition) is 6. The normalized spacial score (nSPS) is 14.4. The number of aromatic nitrogens is 3. The first-order valence-electron chi connectivity index (χ1n) is 10.9. The lowest BCUT2D eigenvalue weighted by Crippen LogP contribution is -2.25. The van der Waals surface area contributed by atoms with Crippen molar-refractivity contribution < 1.29 is 9.47 Å². The number of thioether (sulfide) groups is 1. The summed E-state index contributed by atoms with van der Waals surface area (Å²) in [6.07, 6.45) is 1.49. The molecule has 2 heterocycles. The number of allylic oxidation sites excluding steroid dienone is 1. The van der Waals surface area contributed by atoms with Gasteiger partial charge < -0.3 is 9.47 Å². The number of ether oxygens (including phenoxy) is 2. The van der Waals surface area contributed by atoms with Crippen LogP contribution in [0.15, 0.2) is 90.6 Å². The first-order chi connectivity index (χ1) is 16.8. The summed E-state index contributed by atoms with van der Waals surface area (Å²) in [6, 6.07) is 25.8. The monoisotopic (exact) mass is 466 g/mol. The first-order valence-corrected chi connectivity index (χ1v) is 11.9. The van der Waals surface area contributed by atoms with Gasteiger partial charge in [0.2, 0.25) is 0 Å². The minimum atomic E-state index is -0.337. The molecular weight excluding hydrogens is 444 g/mol. The number of hydrogen-bond donors (Lipinski definition) is 0. The fourth-order valence-corrected chi connectivity index (χ4v) is 4.76. The van der Waals surface area contributed by atoms with Crippen molar-refractivity contribution in [1.82, 2.24) is 14.8 Å². The second-order valence-electron chi connectivity index (χ2n) is 7.75. The van der Waals surface area contributed by atoms with E-state index in [2.05, 4.69) is 47.1 Å². The zero-order valence-electron chi connectivity index (χ0n) is 18.4. The molecule has 0 bridgehead atoms. The molecule has 0 fully saturated rings. The van der Waals surface area contributed by atoms with Crippen LogP contribution in [0.3, 0.4) is 0 Å². The number of benzene rings is 3. The predicted octanol–water partition coefficient (Wildman–Crippen LogP) is 5.81. The maximum atomic E-state index is 9.37. The SMILES string of the molecule is C=CCn1c(SCc2ccc(-c3ccccc3C#N)cc2)nnc1C1COc2ccccc2O1. The number of para-hydroxylation sites is 2. The molecule has 0 spiro atoms. The molecule has 1 aliphatic heterocycles. The van der Waals surface area contributed by atoms with Crippen molar-refractivity contribution in [1.29, 1.82) is 5.26 Å². The molecule has 1 atom stereocenters. The summed E-state index contributed by atoms with van der Waals surface area (Å²) >= 11 is 1.61. The van der Waals surface area contributed by atoms with Gasteiger partial charge in [0.05, 0.1) is 11.6 Å². The minimum Gasteiger partial charge on any atom is -0.485 e. The van der Waals surface area contributed by atoms with Crippen molar-refractivity contribution in [2.45, 2.75) is 23.6 Å². The van der Waals surface area contributed by atoms with Crippen LogP contribution in [0.1, 0.15) is 23.1 Å². The first kappa shape index (κ1) is 21.8. The molecule has 7 heteroatoms. The summed E-state index contributed by atoms with van der Waals surface area (Å²) < 4.78 is 14.0. The van der Waals surface area contributed by atoms with E-state index in [9.17, 15) is 5.26 Å². The van der Waals surface area contributed by atoms with Gasteiger partial charge in [-0.1, -0.05) is 72.4 Å². The predicted molar refractivity (Wildman–Crippen MR) is 132 cm³/mol. The van der Waals surface area contributed by atoms with E-state index in [1.165, 1.54) is 0 Å². The molecule has 0 amide bonds. The Morgan fingerprint density at radius 3 is 2.59 bits per heavy atom. The average molecular weight is 467 g/mol. The van der Waals surface area contributed by atoms with Crippen LogP contribution in [-0.4, -0.2) is 21.4 Å². The molecule has 1 aliphatic rings. The Kier molecular flexibility index (Phi) is 6.32. The van der Waals surface area contributed by atoms with E-state index in [1.807, 2.05) is 59.2 Å². The van der Waals surface area contributed by atoms with Crippen molar-refractivity contribution in [2.24, 2.45) is 0 Å². The lowest BCUT2D eigenvalue weighted by atomic mass is 10.00. The summed E-state index contributed by atoms with van der Waals surface area (Å²) in [6.45, 7) is 4.85. The molecule has 0 saturated carbocycles. The van der Waals surface area contributed by atoms with Crippen LogP contribution < -0.4 is 9.47 Å². The molecule has 0 aliphatic carbocycles. The third-order valence-corrected chi connectivity index (χ3v) is 6.57.